The number of hydrogen-bond acceptors (Lipinski definition) is 7. The lowest BCUT2D eigenvalue weighted by molar-refractivity contribution is -0.136. The lowest BCUT2D eigenvalue weighted by Crippen LogP contribution is -2.55. The maximum atomic E-state index is 13.1. The van der Waals surface area contributed by atoms with Gasteiger partial charge in [0.15, 0.2) is 0 Å². The molecule has 1 N–H and O–H groups in total. The summed E-state index contributed by atoms with van der Waals surface area (Å²) in [6, 6.07) is 10.1. The Morgan fingerprint density at radius 1 is 1.15 bits per heavy atom. The van der Waals surface area contributed by atoms with Crippen LogP contribution in [0.15, 0.2) is 53.6 Å². The van der Waals surface area contributed by atoms with Crippen LogP contribution in [0.25, 0.3) is 22.0 Å². The van der Waals surface area contributed by atoms with Gasteiger partial charge in [0.1, 0.15) is 12.4 Å². The largest absolute Gasteiger partial charge is 0.434 e. The molecule has 0 spiro atoms. The second-order valence-corrected chi connectivity index (χ2v) is 9.82. The van der Waals surface area contributed by atoms with E-state index in [1.165, 1.54) is 10.7 Å². The van der Waals surface area contributed by atoms with E-state index in [9.17, 15) is 23.5 Å². The first-order valence-electron chi connectivity index (χ1n) is 12.9. The van der Waals surface area contributed by atoms with Crippen LogP contribution in [0.1, 0.15) is 18.1 Å². The Labute approximate surface area is 229 Å². The van der Waals surface area contributed by atoms with Crippen molar-refractivity contribution in [3.63, 3.8) is 0 Å². The summed E-state index contributed by atoms with van der Waals surface area (Å²) >= 11 is 0. The van der Waals surface area contributed by atoms with Crippen molar-refractivity contribution in [2.75, 3.05) is 31.1 Å². The summed E-state index contributed by atoms with van der Waals surface area (Å²) in [6.45, 7) is 2.07. The molecular formula is C28H30F2N6O4. The number of amides is 1. The molecule has 1 fully saturated rings. The van der Waals surface area contributed by atoms with Crippen molar-refractivity contribution in [2.45, 2.75) is 33.0 Å². The minimum Gasteiger partial charge on any atom is -0.434 e. The molecular weight excluding hydrogens is 522 g/mol. The number of benzene rings is 2. The smallest absolute Gasteiger partial charge is 0.387 e. The highest BCUT2D eigenvalue weighted by Crippen LogP contribution is 2.30. The average Bonchev–Trinajstić information content (AvgIpc) is 3.19. The molecule has 2 aromatic heterocycles. The number of aryl methyl sites for hydroxylation is 1. The Balaban J connectivity index is 1.46. The first kappa shape index (κ1) is 27.3. The quantitative estimate of drug-likeness (QED) is 0.376. The number of alkyl halides is 2. The SMILES string of the molecule is Cc1c(-c2cnc(N3CCN(C(=O)CO)[C@H](C)C3)nc2)ccc2c(=O)n(C)n(Cc3ccccc3OC(F)F)c12. The third kappa shape index (κ3) is 5.02. The molecule has 0 unspecified atom stereocenters. The van der Waals surface area contributed by atoms with Gasteiger partial charge in [-0.1, -0.05) is 24.3 Å². The van der Waals surface area contributed by atoms with E-state index < -0.39 is 13.2 Å². The summed E-state index contributed by atoms with van der Waals surface area (Å²) in [6.07, 6.45) is 3.45. The van der Waals surface area contributed by atoms with Gasteiger partial charge in [-0.05, 0) is 37.1 Å². The van der Waals surface area contributed by atoms with Crippen LogP contribution in [0.5, 0.6) is 5.75 Å². The molecule has 1 amide bonds. The predicted molar refractivity (Wildman–Crippen MR) is 146 cm³/mol. The van der Waals surface area contributed by atoms with Crippen molar-refractivity contribution in [2.24, 2.45) is 7.05 Å². The molecule has 2 aromatic carbocycles. The van der Waals surface area contributed by atoms with Gasteiger partial charge < -0.3 is 19.6 Å². The summed E-state index contributed by atoms with van der Waals surface area (Å²) < 4.78 is 33.9. The van der Waals surface area contributed by atoms with E-state index in [1.807, 2.05) is 24.8 Å². The van der Waals surface area contributed by atoms with Crippen LogP contribution in [0.3, 0.4) is 0 Å². The Morgan fingerprint density at radius 2 is 1.88 bits per heavy atom. The number of aromatic nitrogens is 4. The van der Waals surface area contributed by atoms with Gasteiger partial charge in [0.25, 0.3) is 5.56 Å². The number of aliphatic hydroxyl groups excluding tert-OH is 1. The van der Waals surface area contributed by atoms with E-state index in [0.29, 0.717) is 42.0 Å². The van der Waals surface area contributed by atoms with Crippen molar-refractivity contribution in [3.8, 4) is 16.9 Å². The molecule has 1 saturated heterocycles. The summed E-state index contributed by atoms with van der Waals surface area (Å²) in [4.78, 5) is 37.8. The Bertz CT molecular complexity index is 1600. The van der Waals surface area contributed by atoms with E-state index in [0.717, 1.165) is 16.7 Å². The van der Waals surface area contributed by atoms with Crippen molar-refractivity contribution < 1.29 is 23.4 Å². The summed E-state index contributed by atoms with van der Waals surface area (Å²) in [5, 5.41) is 9.70. The Morgan fingerprint density at radius 3 is 2.55 bits per heavy atom. The van der Waals surface area contributed by atoms with Crippen LogP contribution >= 0.6 is 0 Å². The molecule has 1 aliphatic heterocycles. The van der Waals surface area contributed by atoms with Gasteiger partial charge >= 0.3 is 6.61 Å². The van der Waals surface area contributed by atoms with Gasteiger partial charge in [-0.15, -0.1) is 0 Å². The molecule has 4 aromatic rings. The second kappa shape index (κ2) is 11.0. The van der Waals surface area contributed by atoms with Crippen molar-refractivity contribution >= 4 is 22.8 Å². The number of aliphatic hydroxyl groups is 1. The molecule has 0 aliphatic carbocycles. The van der Waals surface area contributed by atoms with Crippen molar-refractivity contribution in [3.05, 3.63) is 70.3 Å². The first-order chi connectivity index (χ1) is 19.2. The monoisotopic (exact) mass is 552 g/mol. The minimum atomic E-state index is -2.96. The molecule has 0 bridgehead atoms. The third-order valence-electron chi connectivity index (χ3n) is 7.40. The molecule has 3 heterocycles. The summed E-state index contributed by atoms with van der Waals surface area (Å²) in [5.41, 5.74) is 3.42. The fraction of sp³-hybridized carbons (Fsp3) is 0.357. The van der Waals surface area contributed by atoms with Gasteiger partial charge in [-0.2, -0.15) is 8.78 Å². The minimum absolute atomic E-state index is 0.0560. The van der Waals surface area contributed by atoms with Crippen molar-refractivity contribution in [1.29, 1.82) is 0 Å². The lowest BCUT2D eigenvalue weighted by Gasteiger charge is -2.39. The number of fused-ring (bicyclic) bond motifs is 1. The summed E-state index contributed by atoms with van der Waals surface area (Å²) in [5.74, 6) is 0.303. The molecule has 40 heavy (non-hydrogen) atoms. The Kier molecular flexibility index (Phi) is 7.53. The van der Waals surface area contributed by atoms with Gasteiger partial charge in [-0.25, -0.2) is 9.97 Å². The number of carbonyl (C=O) groups excluding carboxylic acids is 1. The first-order valence-corrected chi connectivity index (χ1v) is 12.9. The number of carbonyl (C=O) groups is 1. The average molecular weight is 553 g/mol. The van der Waals surface area contributed by atoms with Crippen LogP contribution in [0, 0.1) is 6.92 Å². The summed E-state index contributed by atoms with van der Waals surface area (Å²) in [7, 11) is 1.64. The molecule has 1 aliphatic rings. The molecule has 1 atom stereocenters. The zero-order valence-electron chi connectivity index (χ0n) is 22.4. The highest BCUT2D eigenvalue weighted by molar-refractivity contribution is 5.89. The maximum Gasteiger partial charge on any atom is 0.387 e. The van der Waals surface area contributed by atoms with E-state index in [-0.39, 0.29) is 29.8 Å². The van der Waals surface area contributed by atoms with Crippen LogP contribution in [-0.4, -0.2) is 74.1 Å². The predicted octanol–water partition coefficient (Wildman–Crippen LogP) is 2.78. The van der Waals surface area contributed by atoms with Crippen LogP contribution < -0.4 is 15.2 Å². The molecule has 0 radical (unpaired) electrons. The van der Waals surface area contributed by atoms with Gasteiger partial charge in [0, 0.05) is 56.2 Å². The van der Waals surface area contributed by atoms with Gasteiger partial charge in [-0.3, -0.25) is 19.0 Å². The number of halogens is 2. The number of piperazine rings is 1. The molecule has 12 heteroatoms. The Hall–Kier alpha value is -4.32. The zero-order valence-corrected chi connectivity index (χ0v) is 22.4. The molecule has 10 nitrogen and oxygen atoms in total. The number of rotatable bonds is 7. The number of ether oxygens (including phenoxy) is 1. The van der Waals surface area contributed by atoms with E-state index in [2.05, 4.69) is 9.97 Å². The zero-order chi connectivity index (χ0) is 28.6. The van der Waals surface area contributed by atoms with Crippen LogP contribution in [0.2, 0.25) is 0 Å². The van der Waals surface area contributed by atoms with Crippen LogP contribution in [-0.2, 0) is 18.4 Å². The van der Waals surface area contributed by atoms with E-state index >= 15 is 0 Å². The van der Waals surface area contributed by atoms with Crippen LogP contribution in [0.4, 0.5) is 14.7 Å². The highest BCUT2D eigenvalue weighted by atomic mass is 19.3. The fourth-order valence-electron chi connectivity index (χ4n) is 5.37. The maximum absolute atomic E-state index is 13.1. The van der Waals surface area contributed by atoms with Crippen molar-refractivity contribution in [1.82, 2.24) is 24.2 Å². The van der Waals surface area contributed by atoms with E-state index in [1.54, 1.807) is 53.3 Å². The second-order valence-electron chi connectivity index (χ2n) is 9.82. The van der Waals surface area contributed by atoms with Gasteiger partial charge in [0.2, 0.25) is 11.9 Å². The molecule has 5 rings (SSSR count). The topological polar surface area (TPSA) is 106 Å². The third-order valence-corrected chi connectivity index (χ3v) is 7.40. The fourth-order valence-corrected chi connectivity index (χ4v) is 5.37. The number of nitrogens with zero attached hydrogens (tertiary/aromatic N) is 6. The number of hydrogen-bond donors (Lipinski definition) is 1. The van der Waals surface area contributed by atoms with Gasteiger partial charge in [0.05, 0.1) is 17.4 Å². The molecule has 0 saturated carbocycles. The number of para-hydroxylation sites is 1. The lowest BCUT2D eigenvalue weighted by atomic mass is 10.0. The van der Waals surface area contributed by atoms with E-state index in [4.69, 9.17) is 4.74 Å². The highest BCUT2D eigenvalue weighted by Gasteiger charge is 2.28. The number of anilines is 1. The standard InChI is InChI=1S/C28H30F2N6O4/c1-17-14-34(10-11-35(17)24(38)16-37)28-31-12-20(13-32-28)21-8-9-22-25(18(21)2)36(33(3)26(22)39)15-19-6-4-5-7-23(19)40-27(29)30/h4-9,12-13,17,27,37H,10-11,14-16H2,1-3H3/t17-/m1/s1. The normalized spacial score (nSPS) is 15.7. The molecule has 210 valence electrons.